The van der Waals surface area contributed by atoms with Crippen LogP contribution in [0.2, 0.25) is 0 Å². The SMILES string of the molecule is CN(C)CCCNc1nc(NCC2CCCO2)cc(-c2ccccc2)n1. The van der Waals surface area contributed by atoms with Gasteiger partial charge in [0.25, 0.3) is 0 Å². The van der Waals surface area contributed by atoms with Crippen molar-refractivity contribution in [2.24, 2.45) is 0 Å². The quantitative estimate of drug-likeness (QED) is 0.674. The van der Waals surface area contributed by atoms with Crippen LogP contribution in [0.15, 0.2) is 36.4 Å². The maximum Gasteiger partial charge on any atom is 0.225 e. The van der Waals surface area contributed by atoms with Crippen molar-refractivity contribution in [3.8, 4) is 11.3 Å². The van der Waals surface area contributed by atoms with E-state index in [1.54, 1.807) is 0 Å². The Morgan fingerprint density at radius 1 is 1.15 bits per heavy atom. The van der Waals surface area contributed by atoms with Crippen LogP contribution >= 0.6 is 0 Å². The van der Waals surface area contributed by atoms with Crippen LogP contribution < -0.4 is 10.6 Å². The van der Waals surface area contributed by atoms with E-state index in [4.69, 9.17) is 9.72 Å². The molecule has 1 aromatic carbocycles. The Morgan fingerprint density at radius 2 is 2.00 bits per heavy atom. The first kappa shape index (κ1) is 18.6. The van der Waals surface area contributed by atoms with Gasteiger partial charge in [-0.3, -0.25) is 0 Å². The molecule has 1 unspecified atom stereocenters. The topological polar surface area (TPSA) is 62.3 Å². The second-order valence-electron chi connectivity index (χ2n) is 6.93. The average Bonchev–Trinajstić information content (AvgIpc) is 3.18. The van der Waals surface area contributed by atoms with Gasteiger partial charge in [0.15, 0.2) is 0 Å². The number of hydrogen-bond donors (Lipinski definition) is 2. The summed E-state index contributed by atoms with van der Waals surface area (Å²) in [6.45, 7) is 3.53. The average molecular weight is 355 g/mol. The highest BCUT2D eigenvalue weighted by Gasteiger charge is 2.15. The van der Waals surface area contributed by atoms with Gasteiger partial charge in [0.1, 0.15) is 5.82 Å². The molecule has 0 saturated carbocycles. The fourth-order valence-corrected chi connectivity index (χ4v) is 2.99. The normalized spacial score (nSPS) is 16.8. The number of anilines is 2. The van der Waals surface area contributed by atoms with Crippen molar-refractivity contribution >= 4 is 11.8 Å². The Bertz CT molecular complexity index is 671. The first-order valence-corrected chi connectivity index (χ1v) is 9.39. The van der Waals surface area contributed by atoms with Crippen molar-refractivity contribution < 1.29 is 4.74 Å². The molecular weight excluding hydrogens is 326 g/mol. The molecule has 6 nitrogen and oxygen atoms in total. The molecule has 1 atom stereocenters. The van der Waals surface area contributed by atoms with Crippen molar-refractivity contribution in [2.75, 3.05) is 51.0 Å². The molecule has 0 radical (unpaired) electrons. The second kappa shape index (κ2) is 9.50. The molecule has 6 heteroatoms. The summed E-state index contributed by atoms with van der Waals surface area (Å²) in [7, 11) is 4.17. The number of hydrogen-bond acceptors (Lipinski definition) is 6. The number of nitrogens with one attached hydrogen (secondary N) is 2. The van der Waals surface area contributed by atoms with Gasteiger partial charge in [0, 0.05) is 31.3 Å². The zero-order chi connectivity index (χ0) is 18.2. The fraction of sp³-hybridized carbons (Fsp3) is 0.500. The summed E-state index contributed by atoms with van der Waals surface area (Å²) in [6, 6.07) is 12.2. The van der Waals surface area contributed by atoms with Crippen molar-refractivity contribution in [2.45, 2.75) is 25.4 Å². The molecule has 2 heterocycles. The lowest BCUT2D eigenvalue weighted by molar-refractivity contribution is 0.120. The molecule has 0 bridgehead atoms. The molecule has 3 rings (SSSR count). The van der Waals surface area contributed by atoms with Crippen molar-refractivity contribution in [1.82, 2.24) is 14.9 Å². The number of benzene rings is 1. The van der Waals surface area contributed by atoms with Gasteiger partial charge < -0.3 is 20.3 Å². The van der Waals surface area contributed by atoms with E-state index in [0.717, 1.165) is 62.6 Å². The Labute approximate surface area is 156 Å². The van der Waals surface area contributed by atoms with E-state index < -0.39 is 0 Å². The molecule has 1 saturated heterocycles. The Morgan fingerprint density at radius 3 is 2.73 bits per heavy atom. The largest absolute Gasteiger partial charge is 0.376 e. The van der Waals surface area contributed by atoms with Gasteiger partial charge in [0.2, 0.25) is 5.95 Å². The minimum atomic E-state index is 0.279. The standard InChI is InChI=1S/C20H29N5O/c1-25(2)12-7-11-21-20-23-18(16-8-4-3-5-9-16)14-19(24-20)22-15-17-10-6-13-26-17/h3-5,8-9,14,17H,6-7,10-13,15H2,1-2H3,(H2,21,22,23,24). The van der Waals surface area contributed by atoms with Crippen molar-refractivity contribution in [3.63, 3.8) is 0 Å². The van der Waals surface area contributed by atoms with E-state index in [0.29, 0.717) is 5.95 Å². The van der Waals surface area contributed by atoms with Gasteiger partial charge >= 0.3 is 0 Å². The van der Waals surface area contributed by atoms with Crippen LogP contribution in [0.4, 0.5) is 11.8 Å². The Kier molecular flexibility index (Phi) is 6.80. The number of aromatic nitrogens is 2. The third-order valence-electron chi connectivity index (χ3n) is 4.40. The lowest BCUT2D eigenvalue weighted by Crippen LogP contribution is -2.20. The van der Waals surface area contributed by atoms with Gasteiger partial charge in [-0.2, -0.15) is 4.98 Å². The van der Waals surface area contributed by atoms with Gasteiger partial charge in [-0.25, -0.2) is 4.98 Å². The van der Waals surface area contributed by atoms with Gasteiger partial charge in [0.05, 0.1) is 11.8 Å². The third-order valence-corrected chi connectivity index (χ3v) is 4.40. The molecule has 2 N–H and O–H groups in total. The Hall–Kier alpha value is -2.18. The molecule has 1 aromatic heterocycles. The third kappa shape index (κ3) is 5.68. The number of ether oxygens (including phenoxy) is 1. The maximum absolute atomic E-state index is 5.70. The van der Waals surface area contributed by atoms with E-state index in [1.807, 2.05) is 24.3 Å². The summed E-state index contributed by atoms with van der Waals surface area (Å²) in [6.07, 6.45) is 3.58. The summed E-state index contributed by atoms with van der Waals surface area (Å²) in [5.74, 6) is 1.50. The fourth-order valence-electron chi connectivity index (χ4n) is 2.99. The first-order chi connectivity index (χ1) is 12.7. The highest BCUT2D eigenvalue weighted by Crippen LogP contribution is 2.22. The molecule has 2 aromatic rings. The summed E-state index contributed by atoms with van der Waals surface area (Å²) >= 11 is 0. The molecule has 140 valence electrons. The molecule has 26 heavy (non-hydrogen) atoms. The van der Waals surface area contributed by atoms with Gasteiger partial charge in [-0.1, -0.05) is 30.3 Å². The van der Waals surface area contributed by atoms with Gasteiger partial charge in [-0.15, -0.1) is 0 Å². The summed E-state index contributed by atoms with van der Waals surface area (Å²) in [5.41, 5.74) is 2.01. The lowest BCUT2D eigenvalue weighted by atomic mass is 10.1. The summed E-state index contributed by atoms with van der Waals surface area (Å²) < 4.78 is 5.70. The highest BCUT2D eigenvalue weighted by molar-refractivity contribution is 5.64. The van der Waals surface area contributed by atoms with Crippen LogP contribution in [0.1, 0.15) is 19.3 Å². The van der Waals surface area contributed by atoms with Crippen molar-refractivity contribution in [3.05, 3.63) is 36.4 Å². The molecular formula is C20H29N5O. The monoisotopic (exact) mass is 355 g/mol. The predicted octanol–water partition coefficient (Wildman–Crippen LogP) is 3.10. The minimum absolute atomic E-state index is 0.279. The molecule has 1 fully saturated rings. The minimum Gasteiger partial charge on any atom is -0.376 e. The zero-order valence-electron chi connectivity index (χ0n) is 15.7. The highest BCUT2D eigenvalue weighted by atomic mass is 16.5. The van der Waals surface area contributed by atoms with Gasteiger partial charge in [-0.05, 0) is 39.9 Å². The van der Waals surface area contributed by atoms with Crippen molar-refractivity contribution in [1.29, 1.82) is 0 Å². The van der Waals surface area contributed by atoms with E-state index in [-0.39, 0.29) is 6.10 Å². The van der Waals surface area contributed by atoms with E-state index in [2.05, 4.69) is 46.7 Å². The summed E-state index contributed by atoms with van der Waals surface area (Å²) in [4.78, 5) is 11.5. The molecule has 0 amide bonds. The number of rotatable bonds is 9. The van der Waals surface area contributed by atoms with E-state index in [9.17, 15) is 0 Å². The van der Waals surface area contributed by atoms with E-state index >= 15 is 0 Å². The van der Waals surface area contributed by atoms with E-state index in [1.165, 1.54) is 0 Å². The zero-order valence-corrected chi connectivity index (χ0v) is 15.7. The summed E-state index contributed by atoms with van der Waals surface area (Å²) in [5, 5.41) is 6.78. The van der Waals surface area contributed by atoms with Crippen LogP contribution in [0.3, 0.4) is 0 Å². The predicted molar refractivity (Wildman–Crippen MR) is 107 cm³/mol. The molecule has 0 aliphatic carbocycles. The van der Waals surface area contributed by atoms with Crippen LogP contribution in [0.25, 0.3) is 11.3 Å². The Balaban J connectivity index is 1.70. The van der Waals surface area contributed by atoms with Crippen LogP contribution in [-0.2, 0) is 4.74 Å². The molecule has 1 aliphatic rings. The molecule has 0 spiro atoms. The van der Waals surface area contributed by atoms with Crippen LogP contribution in [0, 0.1) is 0 Å². The molecule has 1 aliphatic heterocycles. The lowest BCUT2D eigenvalue weighted by Gasteiger charge is -2.14. The smallest absolute Gasteiger partial charge is 0.225 e. The number of nitrogens with zero attached hydrogens (tertiary/aromatic N) is 3. The first-order valence-electron chi connectivity index (χ1n) is 9.39. The van der Waals surface area contributed by atoms with Crippen LogP contribution in [0.5, 0.6) is 0 Å². The van der Waals surface area contributed by atoms with Crippen LogP contribution in [-0.4, -0.2) is 61.3 Å². The maximum atomic E-state index is 5.70. The second-order valence-corrected chi connectivity index (χ2v) is 6.93.